The number of nitrogens with zero attached hydrogens (tertiary/aromatic N) is 2. The van der Waals surface area contributed by atoms with Gasteiger partial charge in [-0.15, -0.1) is 0 Å². The number of hydrogen-bond donors (Lipinski definition) is 2. The lowest BCUT2D eigenvalue weighted by Crippen LogP contribution is -2.09. The van der Waals surface area contributed by atoms with Gasteiger partial charge in [0.1, 0.15) is 0 Å². The molecule has 6 nitrogen and oxygen atoms in total. The van der Waals surface area contributed by atoms with Crippen LogP contribution in [0.1, 0.15) is 12.8 Å². The van der Waals surface area contributed by atoms with Gasteiger partial charge >= 0.3 is 0 Å². The van der Waals surface area contributed by atoms with Crippen molar-refractivity contribution in [2.75, 3.05) is 44.5 Å². The van der Waals surface area contributed by atoms with Crippen LogP contribution in [-0.4, -0.2) is 43.4 Å². The van der Waals surface area contributed by atoms with Crippen LogP contribution in [0.3, 0.4) is 0 Å². The average molecular weight is 258 g/mol. The SMILES string of the molecule is COCCOCCCCNc1nc(N)ncc1F. The lowest BCUT2D eigenvalue weighted by molar-refractivity contribution is 0.0691. The molecule has 0 aliphatic heterocycles. The number of ether oxygens (including phenoxy) is 2. The van der Waals surface area contributed by atoms with Gasteiger partial charge in [-0.2, -0.15) is 4.98 Å². The minimum Gasteiger partial charge on any atom is -0.382 e. The van der Waals surface area contributed by atoms with Gasteiger partial charge in [0.25, 0.3) is 0 Å². The number of nitrogen functional groups attached to an aromatic ring is 1. The number of anilines is 2. The molecule has 0 aliphatic rings. The largest absolute Gasteiger partial charge is 0.382 e. The maximum Gasteiger partial charge on any atom is 0.222 e. The monoisotopic (exact) mass is 258 g/mol. The average Bonchev–Trinajstić information content (AvgIpc) is 2.36. The summed E-state index contributed by atoms with van der Waals surface area (Å²) in [6.45, 7) is 2.48. The first-order valence-corrected chi connectivity index (χ1v) is 5.82. The number of rotatable bonds is 9. The fourth-order valence-corrected chi connectivity index (χ4v) is 1.28. The summed E-state index contributed by atoms with van der Waals surface area (Å²) in [5.74, 6) is -0.301. The van der Waals surface area contributed by atoms with Crippen molar-refractivity contribution in [3.8, 4) is 0 Å². The molecule has 18 heavy (non-hydrogen) atoms. The van der Waals surface area contributed by atoms with E-state index in [4.69, 9.17) is 15.2 Å². The van der Waals surface area contributed by atoms with Gasteiger partial charge in [0.2, 0.25) is 5.95 Å². The normalized spacial score (nSPS) is 10.6. The third-order valence-electron chi connectivity index (χ3n) is 2.20. The predicted molar refractivity (Wildman–Crippen MR) is 66.8 cm³/mol. The molecular formula is C11H19FN4O2. The fraction of sp³-hybridized carbons (Fsp3) is 0.636. The van der Waals surface area contributed by atoms with Crippen molar-refractivity contribution in [2.24, 2.45) is 0 Å². The minimum absolute atomic E-state index is 0.0572. The van der Waals surface area contributed by atoms with Gasteiger partial charge in [0.15, 0.2) is 11.6 Å². The first kappa shape index (κ1) is 14.6. The quantitative estimate of drug-likeness (QED) is 0.644. The Kier molecular flexibility index (Phi) is 6.97. The highest BCUT2D eigenvalue weighted by Crippen LogP contribution is 2.09. The Bertz CT molecular complexity index is 352. The molecule has 0 amide bonds. The molecule has 0 aromatic carbocycles. The van der Waals surface area contributed by atoms with Gasteiger partial charge in [0.05, 0.1) is 19.4 Å². The molecule has 102 valence electrons. The van der Waals surface area contributed by atoms with Gasteiger partial charge in [-0.25, -0.2) is 9.37 Å². The lowest BCUT2D eigenvalue weighted by atomic mass is 10.3. The summed E-state index contributed by atoms with van der Waals surface area (Å²) >= 11 is 0. The summed E-state index contributed by atoms with van der Waals surface area (Å²) in [4.78, 5) is 7.31. The molecule has 1 heterocycles. The minimum atomic E-state index is -0.499. The topological polar surface area (TPSA) is 82.3 Å². The molecule has 0 atom stereocenters. The molecule has 0 spiro atoms. The number of nitrogens with two attached hydrogens (primary N) is 1. The highest BCUT2D eigenvalue weighted by molar-refractivity contribution is 5.38. The summed E-state index contributed by atoms with van der Waals surface area (Å²) in [6.07, 6.45) is 2.80. The first-order chi connectivity index (χ1) is 8.74. The number of halogens is 1. The number of aromatic nitrogens is 2. The summed E-state index contributed by atoms with van der Waals surface area (Å²) in [6, 6.07) is 0. The van der Waals surface area contributed by atoms with E-state index in [9.17, 15) is 4.39 Å². The molecule has 1 aromatic rings. The molecular weight excluding hydrogens is 239 g/mol. The Hall–Kier alpha value is -1.47. The molecule has 0 saturated heterocycles. The molecule has 0 saturated carbocycles. The van der Waals surface area contributed by atoms with Crippen molar-refractivity contribution in [3.63, 3.8) is 0 Å². The Balaban J connectivity index is 2.09. The van der Waals surface area contributed by atoms with E-state index in [1.54, 1.807) is 7.11 Å². The highest BCUT2D eigenvalue weighted by Gasteiger charge is 2.03. The maximum atomic E-state index is 13.2. The molecule has 7 heteroatoms. The summed E-state index contributed by atoms with van der Waals surface area (Å²) in [5, 5.41) is 2.87. The van der Waals surface area contributed by atoms with E-state index in [0.29, 0.717) is 26.4 Å². The summed E-state index contributed by atoms with van der Waals surface area (Å²) < 4.78 is 23.3. The van der Waals surface area contributed by atoms with Crippen LogP contribution in [0, 0.1) is 5.82 Å². The number of methoxy groups -OCH3 is 1. The Morgan fingerprint density at radius 1 is 1.33 bits per heavy atom. The van der Waals surface area contributed by atoms with E-state index >= 15 is 0 Å². The second kappa shape index (κ2) is 8.60. The predicted octanol–water partition coefficient (Wildman–Crippen LogP) is 1.05. The number of unbranched alkanes of at least 4 members (excludes halogenated alkanes) is 1. The van der Waals surface area contributed by atoms with Crippen molar-refractivity contribution in [1.29, 1.82) is 0 Å². The van der Waals surface area contributed by atoms with Crippen LogP contribution >= 0.6 is 0 Å². The molecule has 1 rings (SSSR count). The standard InChI is InChI=1S/C11H19FN4O2/c1-17-6-7-18-5-3-2-4-14-10-9(12)8-15-11(13)16-10/h8H,2-7H2,1H3,(H3,13,14,15,16). The van der Waals surface area contributed by atoms with Crippen LogP contribution in [0.4, 0.5) is 16.2 Å². The van der Waals surface area contributed by atoms with Crippen LogP contribution in [-0.2, 0) is 9.47 Å². The van der Waals surface area contributed by atoms with Gasteiger partial charge in [0, 0.05) is 20.3 Å². The van der Waals surface area contributed by atoms with Crippen molar-refractivity contribution < 1.29 is 13.9 Å². The second-order valence-electron chi connectivity index (χ2n) is 3.66. The van der Waals surface area contributed by atoms with E-state index < -0.39 is 5.82 Å². The Labute approximate surface area is 106 Å². The molecule has 0 bridgehead atoms. The van der Waals surface area contributed by atoms with Crippen molar-refractivity contribution >= 4 is 11.8 Å². The van der Waals surface area contributed by atoms with E-state index in [-0.39, 0.29) is 11.8 Å². The maximum absolute atomic E-state index is 13.2. The van der Waals surface area contributed by atoms with E-state index in [1.165, 1.54) is 0 Å². The third-order valence-corrected chi connectivity index (χ3v) is 2.20. The molecule has 0 aliphatic carbocycles. The molecule has 0 radical (unpaired) electrons. The van der Waals surface area contributed by atoms with Gasteiger partial charge < -0.3 is 20.5 Å². The molecule has 3 N–H and O–H groups in total. The van der Waals surface area contributed by atoms with Gasteiger partial charge in [-0.05, 0) is 12.8 Å². The third kappa shape index (κ3) is 5.74. The smallest absolute Gasteiger partial charge is 0.222 e. The zero-order valence-corrected chi connectivity index (χ0v) is 10.5. The lowest BCUT2D eigenvalue weighted by Gasteiger charge is -2.07. The van der Waals surface area contributed by atoms with Gasteiger partial charge in [-0.1, -0.05) is 0 Å². The fourth-order valence-electron chi connectivity index (χ4n) is 1.28. The zero-order valence-electron chi connectivity index (χ0n) is 10.5. The van der Waals surface area contributed by atoms with Crippen LogP contribution in [0.5, 0.6) is 0 Å². The van der Waals surface area contributed by atoms with Crippen LogP contribution in [0.25, 0.3) is 0 Å². The van der Waals surface area contributed by atoms with E-state index in [2.05, 4.69) is 15.3 Å². The van der Waals surface area contributed by atoms with E-state index in [0.717, 1.165) is 19.0 Å². The van der Waals surface area contributed by atoms with Crippen LogP contribution < -0.4 is 11.1 Å². The highest BCUT2D eigenvalue weighted by atomic mass is 19.1. The van der Waals surface area contributed by atoms with Crippen LogP contribution in [0.2, 0.25) is 0 Å². The second-order valence-corrected chi connectivity index (χ2v) is 3.66. The Morgan fingerprint density at radius 2 is 2.17 bits per heavy atom. The molecule has 0 fully saturated rings. The van der Waals surface area contributed by atoms with Crippen molar-refractivity contribution in [2.45, 2.75) is 12.8 Å². The molecule has 0 unspecified atom stereocenters. The Morgan fingerprint density at radius 3 is 2.94 bits per heavy atom. The summed E-state index contributed by atoms with van der Waals surface area (Å²) in [7, 11) is 1.63. The first-order valence-electron chi connectivity index (χ1n) is 5.82. The van der Waals surface area contributed by atoms with Crippen LogP contribution in [0.15, 0.2) is 6.20 Å². The molecule has 1 aromatic heterocycles. The van der Waals surface area contributed by atoms with Crippen molar-refractivity contribution in [1.82, 2.24) is 9.97 Å². The zero-order chi connectivity index (χ0) is 13.2. The number of nitrogens with one attached hydrogen (secondary N) is 1. The van der Waals surface area contributed by atoms with E-state index in [1.807, 2.05) is 0 Å². The number of hydrogen-bond acceptors (Lipinski definition) is 6. The van der Waals surface area contributed by atoms with Crippen molar-refractivity contribution in [3.05, 3.63) is 12.0 Å². The summed E-state index contributed by atoms with van der Waals surface area (Å²) in [5.41, 5.74) is 5.37. The van der Waals surface area contributed by atoms with Gasteiger partial charge in [-0.3, -0.25) is 0 Å².